The molecule has 1 aromatic heterocycles. The first-order valence-electron chi connectivity index (χ1n) is 5.08. The van der Waals surface area contributed by atoms with E-state index in [1.54, 1.807) is 13.1 Å². The Morgan fingerprint density at radius 1 is 1.12 bits per heavy atom. The van der Waals surface area contributed by atoms with Crippen LogP contribution in [-0.2, 0) is 0 Å². The largest absolute Gasteiger partial charge is 0.373 e. The lowest BCUT2D eigenvalue weighted by Crippen LogP contribution is -1.97. The van der Waals surface area contributed by atoms with Gasteiger partial charge in [0.2, 0.25) is 0 Å². The summed E-state index contributed by atoms with van der Waals surface area (Å²) in [4.78, 5) is 7.85. The molecule has 0 radical (unpaired) electrons. The van der Waals surface area contributed by atoms with Gasteiger partial charge in [0.05, 0.1) is 5.69 Å². The van der Waals surface area contributed by atoms with Gasteiger partial charge in [-0.05, 0) is 18.6 Å². The number of hydrogen-bond donors (Lipinski definition) is 1. The van der Waals surface area contributed by atoms with Crippen molar-refractivity contribution in [2.24, 2.45) is 0 Å². The van der Waals surface area contributed by atoms with E-state index in [1.165, 1.54) is 25.4 Å². The van der Waals surface area contributed by atoms with Crippen molar-refractivity contribution in [3.8, 4) is 11.3 Å². The molecule has 2 rings (SSSR count). The highest BCUT2D eigenvalue weighted by atomic mass is 19.2. The van der Waals surface area contributed by atoms with Crippen molar-refractivity contribution in [2.75, 3.05) is 12.4 Å². The van der Waals surface area contributed by atoms with E-state index in [0.29, 0.717) is 11.5 Å². The molecule has 17 heavy (non-hydrogen) atoms. The van der Waals surface area contributed by atoms with Crippen LogP contribution in [-0.4, -0.2) is 17.0 Å². The highest BCUT2D eigenvalue weighted by Gasteiger charge is 2.13. The molecule has 0 aliphatic rings. The van der Waals surface area contributed by atoms with Crippen LogP contribution >= 0.6 is 0 Å². The molecule has 1 N–H and O–H groups in total. The van der Waals surface area contributed by atoms with Crippen LogP contribution in [0.25, 0.3) is 11.3 Å². The van der Waals surface area contributed by atoms with Gasteiger partial charge in [-0.1, -0.05) is 6.07 Å². The van der Waals surface area contributed by atoms with Crippen LogP contribution in [0, 0.1) is 18.6 Å². The lowest BCUT2D eigenvalue weighted by Gasteiger charge is -2.06. The van der Waals surface area contributed by atoms with Crippen LogP contribution in [0.5, 0.6) is 0 Å². The van der Waals surface area contributed by atoms with E-state index in [4.69, 9.17) is 0 Å². The van der Waals surface area contributed by atoms with Gasteiger partial charge >= 0.3 is 0 Å². The number of benzene rings is 1. The first-order chi connectivity index (χ1) is 8.13. The minimum atomic E-state index is -0.884. The van der Waals surface area contributed by atoms with Crippen LogP contribution in [0.1, 0.15) is 5.56 Å². The van der Waals surface area contributed by atoms with Gasteiger partial charge < -0.3 is 5.32 Å². The molecule has 1 heterocycles. The second-order valence-corrected chi connectivity index (χ2v) is 3.60. The molecule has 0 saturated heterocycles. The lowest BCUT2D eigenvalue weighted by molar-refractivity contribution is 0.505. The molecule has 1 aromatic carbocycles. The zero-order valence-electron chi connectivity index (χ0n) is 9.46. The fraction of sp³-hybridized carbons (Fsp3) is 0.167. The zero-order chi connectivity index (χ0) is 12.4. The van der Waals surface area contributed by atoms with E-state index in [1.807, 2.05) is 0 Å². The number of hydrogen-bond acceptors (Lipinski definition) is 3. The Kier molecular flexibility index (Phi) is 2.99. The number of aromatic nitrogens is 2. The molecule has 0 bridgehead atoms. The first-order valence-corrected chi connectivity index (χ1v) is 5.08. The highest BCUT2D eigenvalue weighted by Crippen LogP contribution is 2.25. The molecule has 5 heteroatoms. The fourth-order valence-electron chi connectivity index (χ4n) is 1.49. The molecule has 2 aromatic rings. The predicted octanol–water partition coefficient (Wildman–Crippen LogP) is 2.77. The van der Waals surface area contributed by atoms with Gasteiger partial charge in [0.25, 0.3) is 0 Å². The summed E-state index contributed by atoms with van der Waals surface area (Å²) in [7, 11) is 1.69. The second kappa shape index (κ2) is 4.45. The molecule has 0 aliphatic carbocycles. The quantitative estimate of drug-likeness (QED) is 0.869. The fourth-order valence-corrected chi connectivity index (χ4v) is 1.49. The summed E-state index contributed by atoms with van der Waals surface area (Å²) in [5.74, 6) is -1.17. The van der Waals surface area contributed by atoms with Crippen molar-refractivity contribution in [2.45, 2.75) is 6.92 Å². The summed E-state index contributed by atoms with van der Waals surface area (Å²) >= 11 is 0. The van der Waals surface area contributed by atoms with Crippen LogP contribution < -0.4 is 5.32 Å². The van der Waals surface area contributed by atoms with Crippen molar-refractivity contribution >= 4 is 5.82 Å². The van der Waals surface area contributed by atoms with Gasteiger partial charge in [-0.15, -0.1) is 0 Å². The van der Waals surface area contributed by atoms with E-state index in [-0.39, 0.29) is 11.1 Å². The Balaban J connectivity index is 2.56. The Hall–Kier alpha value is -2.04. The Morgan fingerprint density at radius 3 is 2.59 bits per heavy atom. The smallest absolute Gasteiger partial charge is 0.168 e. The first kappa shape index (κ1) is 11.4. The van der Waals surface area contributed by atoms with Crippen molar-refractivity contribution in [1.82, 2.24) is 9.97 Å². The summed E-state index contributed by atoms with van der Waals surface area (Å²) in [6.07, 6.45) is 1.30. The average Bonchev–Trinajstić information content (AvgIpc) is 2.36. The standard InChI is InChI=1S/C12H11F2N3/c1-7-3-4-8(12(14)11(7)13)9-5-10(15-2)17-6-16-9/h3-6H,1-2H3,(H,15,16,17). The van der Waals surface area contributed by atoms with Gasteiger partial charge in [0, 0.05) is 18.7 Å². The molecule has 0 saturated carbocycles. The summed E-state index contributed by atoms with van der Waals surface area (Å²) < 4.78 is 27.2. The van der Waals surface area contributed by atoms with Crippen LogP contribution in [0.2, 0.25) is 0 Å². The number of anilines is 1. The molecule has 0 fully saturated rings. The topological polar surface area (TPSA) is 37.8 Å². The third-order valence-electron chi connectivity index (χ3n) is 2.47. The number of nitrogens with one attached hydrogen (secondary N) is 1. The van der Waals surface area contributed by atoms with Crippen LogP contribution in [0.15, 0.2) is 24.5 Å². The molecule has 0 atom stereocenters. The van der Waals surface area contributed by atoms with E-state index in [9.17, 15) is 8.78 Å². The maximum Gasteiger partial charge on any atom is 0.168 e. The molecule has 0 spiro atoms. The summed E-state index contributed by atoms with van der Waals surface area (Å²) in [6.45, 7) is 1.52. The van der Waals surface area contributed by atoms with Gasteiger partial charge in [0.15, 0.2) is 11.6 Å². The van der Waals surface area contributed by atoms with Crippen molar-refractivity contribution < 1.29 is 8.78 Å². The van der Waals surface area contributed by atoms with Gasteiger partial charge in [-0.2, -0.15) is 0 Å². The number of rotatable bonds is 2. The summed E-state index contributed by atoms with van der Waals surface area (Å²) in [6, 6.07) is 4.59. The van der Waals surface area contributed by atoms with Crippen molar-refractivity contribution in [1.29, 1.82) is 0 Å². The molecular formula is C12H11F2N3. The molecular weight excluding hydrogens is 224 g/mol. The molecule has 0 unspecified atom stereocenters. The van der Waals surface area contributed by atoms with Crippen LogP contribution in [0.3, 0.4) is 0 Å². The Morgan fingerprint density at radius 2 is 1.88 bits per heavy atom. The van der Waals surface area contributed by atoms with Crippen molar-refractivity contribution in [3.05, 3.63) is 41.7 Å². The maximum absolute atomic E-state index is 13.7. The zero-order valence-corrected chi connectivity index (χ0v) is 9.46. The molecule has 0 aliphatic heterocycles. The van der Waals surface area contributed by atoms with E-state index >= 15 is 0 Å². The number of halogens is 2. The summed E-state index contributed by atoms with van der Waals surface area (Å²) in [5.41, 5.74) is 0.752. The van der Waals surface area contributed by atoms with E-state index in [0.717, 1.165) is 0 Å². The second-order valence-electron chi connectivity index (χ2n) is 3.60. The minimum absolute atomic E-state index is 0.131. The third kappa shape index (κ3) is 2.08. The van der Waals surface area contributed by atoms with Crippen molar-refractivity contribution in [3.63, 3.8) is 0 Å². The van der Waals surface area contributed by atoms with Gasteiger partial charge in [-0.3, -0.25) is 0 Å². The highest BCUT2D eigenvalue weighted by molar-refractivity contribution is 5.63. The van der Waals surface area contributed by atoms with Gasteiger partial charge in [0.1, 0.15) is 12.1 Å². The normalized spacial score (nSPS) is 10.4. The predicted molar refractivity (Wildman–Crippen MR) is 61.7 cm³/mol. The molecule has 88 valence electrons. The third-order valence-corrected chi connectivity index (χ3v) is 2.47. The van der Waals surface area contributed by atoms with Crippen LogP contribution in [0.4, 0.5) is 14.6 Å². The Bertz CT molecular complexity index is 555. The molecule has 3 nitrogen and oxygen atoms in total. The van der Waals surface area contributed by atoms with Gasteiger partial charge in [-0.25, -0.2) is 18.7 Å². The molecule has 0 amide bonds. The maximum atomic E-state index is 13.7. The average molecular weight is 235 g/mol. The van der Waals surface area contributed by atoms with E-state index in [2.05, 4.69) is 15.3 Å². The number of nitrogens with zero attached hydrogens (tertiary/aromatic N) is 2. The van der Waals surface area contributed by atoms with E-state index < -0.39 is 11.6 Å². The number of aryl methyl sites for hydroxylation is 1. The lowest BCUT2D eigenvalue weighted by atomic mass is 10.1. The minimum Gasteiger partial charge on any atom is -0.373 e. The SMILES string of the molecule is CNc1cc(-c2ccc(C)c(F)c2F)ncn1. The monoisotopic (exact) mass is 235 g/mol. The Labute approximate surface area is 97.5 Å². The summed E-state index contributed by atoms with van der Waals surface area (Å²) in [5, 5.41) is 2.82.